The molecule has 1 atom stereocenters. The molecule has 1 aromatic rings. The van der Waals surface area contributed by atoms with Crippen LogP contribution >= 0.6 is 23.2 Å². The Bertz CT molecular complexity index is 661. The Hall–Kier alpha value is -0.860. The molecule has 0 radical (unpaired) electrons. The maximum Gasteiger partial charge on any atom is 0.317 e. The molecule has 1 fully saturated rings. The zero-order chi connectivity index (χ0) is 17.0. The van der Waals surface area contributed by atoms with Gasteiger partial charge in [-0.15, -0.1) is 0 Å². The third-order valence-electron chi connectivity index (χ3n) is 3.71. The van der Waals surface area contributed by atoms with E-state index in [9.17, 15) is 13.2 Å². The van der Waals surface area contributed by atoms with E-state index in [1.807, 2.05) is 0 Å². The van der Waals surface area contributed by atoms with Gasteiger partial charge in [-0.1, -0.05) is 29.3 Å². The van der Waals surface area contributed by atoms with Crippen molar-refractivity contribution in [2.45, 2.75) is 17.7 Å². The highest BCUT2D eigenvalue weighted by atomic mass is 35.5. The van der Waals surface area contributed by atoms with Crippen LogP contribution in [0.3, 0.4) is 0 Å². The second kappa shape index (κ2) is 7.81. The number of halogens is 2. The summed E-state index contributed by atoms with van der Waals surface area (Å²) in [6.45, 7) is 1.03. The number of hydrogen-bond donors (Lipinski definition) is 2. The second-order valence-corrected chi connectivity index (χ2v) is 8.14. The van der Waals surface area contributed by atoms with E-state index in [4.69, 9.17) is 28.3 Å². The fourth-order valence-electron chi connectivity index (χ4n) is 2.65. The lowest BCUT2D eigenvalue weighted by Gasteiger charge is -2.32. The van der Waals surface area contributed by atoms with Crippen LogP contribution in [0.15, 0.2) is 23.1 Å². The van der Waals surface area contributed by atoms with E-state index in [0.29, 0.717) is 26.1 Å². The summed E-state index contributed by atoms with van der Waals surface area (Å²) in [5, 5.41) is 11.7. The van der Waals surface area contributed by atoms with Gasteiger partial charge in [-0.05, 0) is 37.4 Å². The molecule has 0 bridgehead atoms. The summed E-state index contributed by atoms with van der Waals surface area (Å²) in [6.07, 6.45) is 1.55. The molecular formula is C14H18Cl2N2O4S. The number of hydrogen-bond acceptors (Lipinski definition) is 4. The summed E-state index contributed by atoms with van der Waals surface area (Å²) in [7, 11) is -3.77. The summed E-state index contributed by atoms with van der Waals surface area (Å²) in [6, 6.07) is 4.59. The average Bonchev–Trinajstić information content (AvgIpc) is 2.47. The van der Waals surface area contributed by atoms with E-state index in [0.717, 1.165) is 6.42 Å². The number of rotatable bonds is 6. The van der Waals surface area contributed by atoms with Crippen LogP contribution in [0.4, 0.5) is 0 Å². The monoisotopic (exact) mass is 380 g/mol. The van der Waals surface area contributed by atoms with E-state index in [-0.39, 0.29) is 27.4 Å². The van der Waals surface area contributed by atoms with Gasteiger partial charge >= 0.3 is 5.97 Å². The SMILES string of the molecule is O=C(O)CNCC1CCCN(S(=O)(=O)c2c(Cl)cccc2Cl)C1. The van der Waals surface area contributed by atoms with Gasteiger partial charge < -0.3 is 10.4 Å². The van der Waals surface area contributed by atoms with Crippen molar-refractivity contribution in [1.29, 1.82) is 0 Å². The maximum atomic E-state index is 12.8. The van der Waals surface area contributed by atoms with Crippen LogP contribution in [0.2, 0.25) is 10.0 Å². The van der Waals surface area contributed by atoms with Crippen LogP contribution in [-0.2, 0) is 14.8 Å². The first-order valence-electron chi connectivity index (χ1n) is 7.19. The number of carboxylic acid groups (broad SMARTS) is 1. The molecule has 1 heterocycles. The second-order valence-electron chi connectivity index (χ2n) is 5.45. The van der Waals surface area contributed by atoms with Crippen molar-refractivity contribution in [2.24, 2.45) is 5.92 Å². The molecule has 1 aliphatic rings. The number of aliphatic carboxylic acids is 1. The Labute approximate surface area is 145 Å². The van der Waals surface area contributed by atoms with Crippen molar-refractivity contribution in [1.82, 2.24) is 9.62 Å². The molecule has 1 aromatic carbocycles. The fraction of sp³-hybridized carbons (Fsp3) is 0.500. The van der Waals surface area contributed by atoms with Gasteiger partial charge in [-0.25, -0.2) is 8.42 Å². The normalized spacial score (nSPS) is 19.7. The summed E-state index contributed by atoms with van der Waals surface area (Å²) >= 11 is 12.0. The van der Waals surface area contributed by atoms with Gasteiger partial charge in [0.1, 0.15) is 4.90 Å². The van der Waals surface area contributed by atoms with Crippen molar-refractivity contribution in [3.63, 3.8) is 0 Å². The van der Waals surface area contributed by atoms with Crippen LogP contribution in [0.25, 0.3) is 0 Å². The third kappa shape index (κ3) is 4.58. The van der Waals surface area contributed by atoms with E-state index >= 15 is 0 Å². The fourth-order valence-corrected chi connectivity index (χ4v) is 5.30. The van der Waals surface area contributed by atoms with Crippen molar-refractivity contribution in [3.05, 3.63) is 28.2 Å². The Kier molecular flexibility index (Phi) is 6.27. The summed E-state index contributed by atoms with van der Waals surface area (Å²) in [4.78, 5) is 10.5. The number of nitrogens with zero attached hydrogens (tertiary/aromatic N) is 1. The number of nitrogens with one attached hydrogen (secondary N) is 1. The number of carbonyl (C=O) groups is 1. The predicted molar refractivity (Wildman–Crippen MR) is 88.5 cm³/mol. The van der Waals surface area contributed by atoms with E-state index in [1.165, 1.54) is 16.4 Å². The van der Waals surface area contributed by atoms with Gasteiger partial charge in [0.05, 0.1) is 16.6 Å². The lowest BCUT2D eigenvalue weighted by atomic mass is 10.00. The minimum atomic E-state index is -3.77. The molecule has 0 aliphatic carbocycles. The maximum absolute atomic E-state index is 12.8. The van der Waals surface area contributed by atoms with Crippen LogP contribution in [-0.4, -0.2) is 50.0 Å². The topological polar surface area (TPSA) is 86.7 Å². The standard InChI is InChI=1S/C14H18Cl2N2O4S/c15-11-4-1-5-12(16)14(11)23(21,22)18-6-2-3-10(9-18)7-17-8-13(19)20/h1,4-5,10,17H,2-3,6-9H2,(H,19,20). The minimum Gasteiger partial charge on any atom is -0.480 e. The van der Waals surface area contributed by atoms with Crippen LogP contribution in [0.5, 0.6) is 0 Å². The van der Waals surface area contributed by atoms with E-state index in [1.54, 1.807) is 6.07 Å². The van der Waals surface area contributed by atoms with E-state index < -0.39 is 16.0 Å². The molecule has 0 saturated carbocycles. The molecule has 128 valence electrons. The van der Waals surface area contributed by atoms with Crippen LogP contribution in [0.1, 0.15) is 12.8 Å². The number of sulfonamides is 1. The Balaban J connectivity index is 2.12. The molecular weight excluding hydrogens is 363 g/mol. The Morgan fingerprint density at radius 3 is 2.61 bits per heavy atom. The highest BCUT2D eigenvalue weighted by Crippen LogP contribution is 2.33. The zero-order valence-electron chi connectivity index (χ0n) is 12.3. The zero-order valence-corrected chi connectivity index (χ0v) is 14.7. The first kappa shape index (κ1) is 18.5. The molecule has 9 heteroatoms. The number of benzene rings is 1. The molecule has 1 unspecified atom stereocenters. The molecule has 6 nitrogen and oxygen atoms in total. The Morgan fingerprint density at radius 1 is 1.35 bits per heavy atom. The van der Waals surface area contributed by atoms with Gasteiger partial charge in [0.15, 0.2) is 0 Å². The van der Waals surface area contributed by atoms with Gasteiger partial charge in [-0.2, -0.15) is 4.31 Å². The summed E-state index contributed by atoms with van der Waals surface area (Å²) in [5.41, 5.74) is 0. The molecule has 0 aromatic heterocycles. The third-order valence-corrected chi connectivity index (χ3v) is 6.53. The van der Waals surface area contributed by atoms with Crippen LogP contribution < -0.4 is 5.32 Å². The molecule has 2 rings (SSSR count). The van der Waals surface area contributed by atoms with Crippen molar-refractivity contribution >= 4 is 39.2 Å². The molecule has 2 N–H and O–H groups in total. The van der Waals surface area contributed by atoms with Crippen molar-refractivity contribution in [2.75, 3.05) is 26.2 Å². The van der Waals surface area contributed by atoms with Gasteiger partial charge in [0.2, 0.25) is 10.0 Å². The summed E-state index contributed by atoms with van der Waals surface area (Å²) in [5.74, 6) is -0.882. The molecule has 23 heavy (non-hydrogen) atoms. The van der Waals surface area contributed by atoms with E-state index in [2.05, 4.69) is 5.32 Å². The highest BCUT2D eigenvalue weighted by molar-refractivity contribution is 7.89. The smallest absolute Gasteiger partial charge is 0.317 e. The van der Waals surface area contributed by atoms with Crippen molar-refractivity contribution in [3.8, 4) is 0 Å². The average molecular weight is 381 g/mol. The first-order chi connectivity index (χ1) is 10.8. The first-order valence-corrected chi connectivity index (χ1v) is 9.38. The molecule has 1 saturated heterocycles. The van der Waals surface area contributed by atoms with Gasteiger partial charge in [-0.3, -0.25) is 4.79 Å². The number of carboxylic acids is 1. The quantitative estimate of drug-likeness (QED) is 0.788. The lowest BCUT2D eigenvalue weighted by molar-refractivity contribution is -0.136. The highest BCUT2D eigenvalue weighted by Gasteiger charge is 2.33. The molecule has 0 amide bonds. The van der Waals surface area contributed by atoms with Crippen molar-refractivity contribution < 1.29 is 18.3 Å². The van der Waals surface area contributed by atoms with Gasteiger partial charge in [0, 0.05) is 13.1 Å². The van der Waals surface area contributed by atoms with Gasteiger partial charge in [0.25, 0.3) is 0 Å². The molecule has 0 spiro atoms. The largest absolute Gasteiger partial charge is 0.480 e. The Morgan fingerprint density at radius 2 is 2.00 bits per heavy atom. The molecule has 1 aliphatic heterocycles. The predicted octanol–water partition coefficient (Wildman–Crippen LogP) is 2.07. The summed E-state index contributed by atoms with van der Waals surface area (Å²) < 4.78 is 27.0. The number of piperidine rings is 1. The minimum absolute atomic E-state index is 0.0548. The lowest BCUT2D eigenvalue weighted by Crippen LogP contribution is -2.43. The van der Waals surface area contributed by atoms with Crippen LogP contribution in [0, 0.1) is 5.92 Å².